The summed E-state index contributed by atoms with van der Waals surface area (Å²) in [6.07, 6.45) is 7.26. The summed E-state index contributed by atoms with van der Waals surface area (Å²) in [6, 6.07) is 4.07. The summed E-state index contributed by atoms with van der Waals surface area (Å²) in [4.78, 5) is 15.7. The van der Waals surface area contributed by atoms with Gasteiger partial charge in [0.1, 0.15) is 5.75 Å². The quantitative estimate of drug-likeness (QED) is 0.629. The third kappa shape index (κ3) is 2.96. The Balaban J connectivity index is 1.46. The van der Waals surface area contributed by atoms with Gasteiger partial charge in [0.2, 0.25) is 5.91 Å². The molecule has 0 radical (unpaired) electrons. The summed E-state index contributed by atoms with van der Waals surface area (Å²) in [6.45, 7) is 1.86. The Hall–Kier alpha value is -2.34. The van der Waals surface area contributed by atoms with Crippen molar-refractivity contribution in [1.29, 1.82) is 5.41 Å². The molecule has 30 heavy (non-hydrogen) atoms. The number of nitrogens with one attached hydrogen (secondary N) is 2. The van der Waals surface area contributed by atoms with E-state index in [-0.39, 0.29) is 18.0 Å². The highest BCUT2D eigenvalue weighted by Gasteiger charge is 2.55. The number of piperidine rings is 2. The Kier molecular flexibility index (Phi) is 4.47. The maximum Gasteiger partial charge on any atom is 0.231 e. The van der Waals surface area contributed by atoms with Crippen molar-refractivity contribution in [3.63, 3.8) is 0 Å². The van der Waals surface area contributed by atoms with Gasteiger partial charge in [-0.05, 0) is 69.1 Å². The number of hydrogen-bond donors (Lipinski definition) is 3. The Bertz CT molecular complexity index is 937. The number of aliphatic hydroxyl groups is 1. The molecule has 3 N–H and O–H groups in total. The van der Waals surface area contributed by atoms with E-state index in [1.165, 1.54) is 5.57 Å². The number of ether oxygens (including phenoxy) is 1. The molecule has 6 nitrogen and oxygen atoms in total. The van der Waals surface area contributed by atoms with Crippen LogP contribution in [0, 0.1) is 17.2 Å². The van der Waals surface area contributed by atoms with Gasteiger partial charge in [-0.15, -0.1) is 0 Å². The average molecular weight is 410 g/mol. The number of nitrogens with zero attached hydrogens (tertiary/aromatic N) is 1. The van der Waals surface area contributed by atoms with Crippen LogP contribution in [0.25, 0.3) is 5.57 Å². The van der Waals surface area contributed by atoms with Gasteiger partial charge >= 0.3 is 0 Å². The monoisotopic (exact) mass is 409 g/mol. The maximum atomic E-state index is 13.6. The second-order valence-corrected chi connectivity index (χ2v) is 9.61. The van der Waals surface area contributed by atoms with Crippen LogP contribution in [-0.4, -0.2) is 53.5 Å². The van der Waals surface area contributed by atoms with E-state index >= 15 is 0 Å². The number of anilines is 1. The lowest BCUT2D eigenvalue weighted by molar-refractivity contribution is -0.175. The first-order valence-corrected chi connectivity index (χ1v) is 11.1. The van der Waals surface area contributed by atoms with Crippen LogP contribution in [-0.2, 0) is 4.79 Å². The summed E-state index contributed by atoms with van der Waals surface area (Å²) >= 11 is 0. The van der Waals surface area contributed by atoms with Gasteiger partial charge in [-0.1, -0.05) is 6.08 Å². The molecule has 1 amide bonds. The fraction of sp³-hybridized carbons (Fsp3) is 0.583. The molecule has 2 saturated heterocycles. The van der Waals surface area contributed by atoms with E-state index in [1.54, 1.807) is 7.11 Å². The Morgan fingerprint density at radius 2 is 1.97 bits per heavy atom. The van der Waals surface area contributed by atoms with E-state index in [0.29, 0.717) is 24.5 Å². The average Bonchev–Trinajstić information content (AvgIpc) is 3.54. The maximum absolute atomic E-state index is 13.6. The van der Waals surface area contributed by atoms with Crippen LogP contribution in [0.2, 0.25) is 0 Å². The highest BCUT2D eigenvalue weighted by molar-refractivity contribution is 6.17. The first-order chi connectivity index (χ1) is 14.3. The van der Waals surface area contributed by atoms with Crippen molar-refractivity contribution in [3.05, 3.63) is 29.3 Å². The summed E-state index contributed by atoms with van der Waals surface area (Å²) in [5.74, 6) is 0.760. The lowest BCUT2D eigenvalue weighted by atomic mass is 9.61. The lowest BCUT2D eigenvalue weighted by Crippen LogP contribution is -2.66. The van der Waals surface area contributed by atoms with E-state index in [1.807, 2.05) is 31.0 Å². The van der Waals surface area contributed by atoms with E-state index < -0.39 is 11.5 Å². The molecule has 2 aliphatic heterocycles. The normalized spacial score (nSPS) is 31.9. The smallest absolute Gasteiger partial charge is 0.231 e. The van der Waals surface area contributed by atoms with Crippen LogP contribution in [0.4, 0.5) is 5.69 Å². The second-order valence-electron chi connectivity index (χ2n) is 9.61. The zero-order chi connectivity index (χ0) is 21.2. The molecule has 2 saturated carbocycles. The summed E-state index contributed by atoms with van der Waals surface area (Å²) in [7, 11) is 3.49. The van der Waals surface area contributed by atoms with Crippen LogP contribution < -0.4 is 10.1 Å². The topological polar surface area (TPSA) is 85.7 Å². The minimum absolute atomic E-state index is 0.0259. The Labute approximate surface area is 177 Å². The predicted molar refractivity (Wildman–Crippen MR) is 117 cm³/mol. The first kappa shape index (κ1) is 19.6. The number of benzene rings is 1. The highest BCUT2D eigenvalue weighted by Crippen LogP contribution is 2.52. The first-order valence-electron chi connectivity index (χ1n) is 11.1. The standard InChI is InChI=1S/C24H31N3O3/c1-13(23(28)27-16-8-14-9-17(27)12-24(29,10-14)11-16)22(25)21-18(26-2)6-7-19(30-3)20(21)15-4-5-15/h4,6-7,13-14,16-17,25-26,29H,5,8-12H2,1-3H3. The fourth-order valence-corrected chi connectivity index (χ4v) is 6.32. The van der Waals surface area contributed by atoms with Gasteiger partial charge in [0.15, 0.2) is 0 Å². The van der Waals surface area contributed by atoms with Crippen LogP contribution in [0.15, 0.2) is 18.2 Å². The van der Waals surface area contributed by atoms with Crippen molar-refractivity contribution in [2.45, 2.75) is 63.1 Å². The fourth-order valence-electron chi connectivity index (χ4n) is 6.32. The third-order valence-electron chi connectivity index (χ3n) is 7.61. The highest BCUT2D eigenvalue weighted by atomic mass is 16.5. The molecule has 3 atom stereocenters. The van der Waals surface area contributed by atoms with Gasteiger partial charge in [0.25, 0.3) is 0 Å². The van der Waals surface area contributed by atoms with Gasteiger partial charge in [-0.3, -0.25) is 4.79 Å². The van der Waals surface area contributed by atoms with Gasteiger partial charge in [-0.2, -0.15) is 0 Å². The van der Waals surface area contributed by atoms with Crippen molar-refractivity contribution in [2.75, 3.05) is 19.5 Å². The molecule has 1 aromatic rings. The van der Waals surface area contributed by atoms with Crippen molar-refractivity contribution < 1.29 is 14.6 Å². The minimum Gasteiger partial charge on any atom is -0.496 e. The van der Waals surface area contributed by atoms with E-state index in [4.69, 9.17) is 10.1 Å². The zero-order valence-electron chi connectivity index (χ0n) is 18.0. The van der Waals surface area contributed by atoms with E-state index in [0.717, 1.165) is 48.2 Å². The number of methoxy groups -OCH3 is 1. The van der Waals surface area contributed by atoms with Crippen molar-refractivity contribution in [1.82, 2.24) is 4.90 Å². The van der Waals surface area contributed by atoms with Crippen LogP contribution in [0.5, 0.6) is 5.75 Å². The third-order valence-corrected chi connectivity index (χ3v) is 7.61. The molecule has 3 unspecified atom stereocenters. The minimum atomic E-state index is -0.582. The number of allylic oxidation sites excluding steroid dienone is 2. The summed E-state index contributed by atoms with van der Waals surface area (Å²) < 4.78 is 5.59. The van der Waals surface area contributed by atoms with Gasteiger partial charge in [0, 0.05) is 35.9 Å². The number of carbonyl (C=O) groups excluding carboxylic acids is 1. The molecule has 4 bridgehead atoms. The molecule has 6 heteroatoms. The molecule has 3 aliphatic carbocycles. The molecule has 2 heterocycles. The predicted octanol–water partition coefficient (Wildman–Crippen LogP) is 3.43. The molecule has 0 spiro atoms. The lowest BCUT2D eigenvalue weighted by Gasteiger charge is -2.60. The zero-order valence-corrected chi connectivity index (χ0v) is 18.0. The van der Waals surface area contributed by atoms with Gasteiger partial charge in [-0.25, -0.2) is 0 Å². The van der Waals surface area contributed by atoms with Gasteiger partial charge in [0.05, 0.1) is 24.3 Å². The molecular weight excluding hydrogens is 378 g/mol. The number of rotatable bonds is 6. The molecule has 6 rings (SSSR count). The Morgan fingerprint density at radius 1 is 1.30 bits per heavy atom. The van der Waals surface area contributed by atoms with Crippen LogP contribution >= 0.6 is 0 Å². The molecule has 160 valence electrons. The van der Waals surface area contributed by atoms with Crippen molar-refractivity contribution >= 4 is 22.9 Å². The van der Waals surface area contributed by atoms with Crippen molar-refractivity contribution in [3.8, 4) is 5.75 Å². The molecule has 1 aromatic carbocycles. The van der Waals surface area contributed by atoms with E-state index in [2.05, 4.69) is 11.4 Å². The largest absolute Gasteiger partial charge is 0.496 e. The van der Waals surface area contributed by atoms with Crippen LogP contribution in [0.3, 0.4) is 0 Å². The summed E-state index contributed by atoms with van der Waals surface area (Å²) in [5, 5.41) is 23.1. The van der Waals surface area contributed by atoms with E-state index in [9.17, 15) is 9.90 Å². The number of hydrogen-bond acceptors (Lipinski definition) is 5. The SMILES string of the molecule is CNc1ccc(OC)c(C2=CC2)c1C(=N)C(C)C(=O)N1C2CC3CC1CC(O)(C3)C2. The van der Waals surface area contributed by atoms with Crippen molar-refractivity contribution in [2.24, 2.45) is 11.8 Å². The van der Waals surface area contributed by atoms with Gasteiger partial charge < -0.3 is 25.5 Å². The molecule has 4 fully saturated rings. The second kappa shape index (κ2) is 6.84. The molecule has 0 aromatic heterocycles. The molecular formula is C24H31N3O3. The number of amides is 1. The Morgan fingerprint density at radius 3 is 2.50 bits per heavy atom. The number of carbonyl (C=O) groups is 1. The summed E-state index contributed by atoms with van der Waals surface area (Å²) in [5.41, 5.74) is 3.46. The molecule has 5 aliphatic rings. The van der Waals surface area contributed by atoms with Crippen LogP contribution in [0.1, 0.15) is 56.6 Å².